The minimum Gasteiger partial charge on any atom is -0.220 e. The molecule has 22 heavy (non-hydrogen) atoms. The first kappa shape index (κ1) is 14.2. The second-order valence-electron chi connectivity index (χ2n) is 4.75. The quantitative estimate of drug-likeness (QED) is 0.725. The van der Waals surface area contributed by atoms with E-state index in [-0.39, 0.29) is 5.95 Å². The van der Waals surface area contributed by atoms with Crippen LogP contribution in [0.25, 0.3) is 17.2 Å². The maximum atomic E-state index is 12.6. The summed E-state index contributed by atoms with van der Waals surface area (Å²) in [5, 5.41) is 3.47. The van der Waals surface area contributed by atoms with Crippen LogP contribution in [0.4, 0.5) is 13.2 Å². The van der Waals surface area contributed by atoms with E-state index >= 15 is 0 Å². The molecule has 0 radical (unpaired) electrons. The summed E-state index contributed by atoms with van der Waals surface area (Å²) >= 11 is 0. The molecule has 0 fully saturated rings. The van der Waals surface area contributed by atoms with Crippen LogP contribution in [-0.4, -0.2) is 19.7 Å². The van der Waals surface area contributed by atoms with Gasteiger partial charge in [-0.05, 0) is 19.1 Å². The summed E-state index contributed by atoms with van der Waals surface area (Å²) in [5.41, 5.74) is 1.61. The highest BCUT2D eigenvalue weighted by atomic mass is 19.4. The van der Waals surface area contributed by atoms with Gasteiger partial charge in [0.2, 0.25) is 0 Å². The van der Waals surface area contributed by atoms with E-state index in [2.05, 4.69) is 15.1 Å². The van der Waals surface area contributed by atoms with Gasteiger partial charge in [-0.15, -0.1) is 0 Å². The van der Waals surface area contributed by atoms with Gasteiger partial charge in [-0.2, -0.15) is 18.3 Å². The molecule has 0 amide bonds. The first-order chi connectivity index (χ1) is 10.4. The van der Waals surface area contributed by atoms with Gasteiger partial charge in [-0.25, -0.2) is 14.6 Å². The number of aryl methyl sites for hydroxylation is 1. The Hall–Kier alpha value is -2.70. The van der Waals surface area contributed by atoms with Crippen LogP contribution in [0.1, 0.15) is 11.3 Å². The number of rotatable bonds is 2. The molecule has 0 N–H and O–H groups in total. The Bertz CT molecular complexity index is 791. The Morgan fingerprint density at radius 1 is 1.00 bits per heavy atom. The molecule has 2 heterocycles. The molecule has 0 aliphatic rings. The average molecular weight is 304 g/mol. The molecular weight excluding hydrogens is 293 g/mol. The summed E-state index contributed by atoms with van der Waals surface area (Å²) in [5.74, 6) is 0.0913. The predicted molar refractivity (Wildman–Crippen MR) is 74.3 cm³/mol. The first-order valence-corrected chi connectivity index (χ1v) is 6.47. The molecule has 0 spiro atoms. The van der Waals surface area contributed by atoms with Crippen LogP contribution in [0.3, 0.4) is 0 Å². The minimum absolute atomic E-state index is 0.0913. The third kappa shape index (κ3) is 2.83. The number of alkyl halides is 3. The summed E-state index contributed by atoms with van der Waals surface area (Å²) in [4.78, 5) is 8.23. The van der Waals surface area contributed by atoms with Crippen molar-refractivity contribution in [2.75, 3.05) is 0 Å². The Labute approximate surface area is 124 Å². The SMILES string of the molecule is Cc1ccc(-c2ccnc(-n3ccc(C(F)(F)F)n3)n2)cc1. The van der Waals surface area contributed by atoms with Crippen molar-refractivity contribution in [3.05, 3.63) is 60.0 Å². The number of benzene rings is 1. The first-order valence-electron chi connectivity index (χ1n) is 6.47. The molecule has 0 aliphatic heterocycles. The van der Waals surface area contributed by atoms with E-state index in [0.29, 0.717) is 5.69 Å². The fraction of sp³-hybridized carbons (Fsp3) is 0.133. The van der Waals surface area contributed by atoms with Gasteiger partial charge in [0.1, 0.15) is 0 Å². The van der Waals surface area contributed by atoms with Crippen molar-refractivity contribution in [2.24, 2.45) is 0 Å². The monoisotopic (exact) mass is 304 g/mol. The zero-order valence-electron chi connectivity index (χ0n) is 11.5. The van der Waals surface area contributed by atoms with E-state index in [1.165, 1.54) is 12.4 Å². The maximum Gasteiger partial charge on any atom is 0.435 e. The molecule has 0 saturated heterocycles. The molecule has 3 rings (SSSR count). The molecule has 0 unspecified atom stereocenters. The largest absolute Gasteiger partial charge is 0.435 e. The molecule has 7 heteroatoms. The average Bonchev–Trinajstić information content (AvgIpc) is 2.98. The van der Waals surface area contributed by atoms with Gasteiger partial charge >= 0.3 is 6.18 Å². The van der Waals surface area contributed by atoms with Gasteiger partial charge < -0.3 is 0 Å². The molecule has 3 aromatic rings. The summed E-state index contributed by atoms with van der Waals surface area (Å²) in [6.07, 6.45) is -1.80. The zero-order chi connectivity index (χ0) is 15.7. The number of nitrogens with zero attached hydrogens (tertiary/aromatic N) is 4. The second-order valence-corrected chi connectivity index (χ2v) is 4.75. The topological polar surface area (TPSA) is 43.6 Å². The number of hydrogen-bond donors (Lipinski definition) is 0. The van der Waals surface area contributed by atoms with Crippen molar-refractivity contribution in [2.45, 2.75) is 13.1 Å². The lowest BCUT2D eigenvalue weighted by atomic mass is 10.1. The fourth-order valence-electron chi connectivity index (χ4n) is 1.93. The molecule has 0 bridgehead atoms. The third-order valence-electron chi connectivity index (χ3n) is 3.07. The number of aromatic nitrogens is 4. The molecular formula is C15H11F3N4. The van der Waals surface area contributed by atoms with Crippen molar-refractivity contribution >= 4 is 0 Å². The van der Waals surface area contributed by atoms with E-state index in [0.717, 1.165) is 21.9 Å². The standard InChI is InChI=1S/C15H11F3N4/c1-10-2-4-11(5-3-10)12-6-8-19-14(20-12)22-9-7-13(21-22)15(16,17)18/h2-9H,1H3. The van der Waals surface area contributed by atoms with Crippen LogP contribution in [0.5, 0.6) is 0 Å². The van der Waals surface area contributed by atoms with E-state index in [9.17, 15) is 13.2 Å². The van der Waals surface area contributed by atoms with E-state index < -0.39 is 11.9 Å². The van der Waals surface area contributed by atoms with Gasteiger partial charge in [0, 0.05) is 18.0 Å². The molecule has 4 nitrogen and oxygen atoms in total. The molecule has 1 aromatic carbocycles. The summed E-state index contributed by atoms with van der Waals surface area (Å²) < 4.78 is 38.8. The molecule has 2 aromatic heterocycles. The lowest BCUT2D eigenvalue weighted by Crippen LogP contribution is -2.08. The molecule has 0 saturated carbocycles. The van der Waals surface area contributed by atoms with Crippen molar-refractivity contribution in [3.8, 4) is 17.2 Å². The molecule has 0 aliphatic carbocycles. The normalized spacial score (nSPS) is 11.6. The van der Waals surface area contributed by atoms with Crippen molar-refractivity contribution in [1.82, 2.24) is 19.7 Å². The third-order valence-corrected chi connectivity index (χ3v) is 3.07. The van der Waals surface area contributed by atoms with E-state index in [1.54, 1.807) is 6.07 Å². The number of hydrogen-bond acceptors (Lipinski definition) is 3. The van der Waals surface area contributed by atoms with Gasteiger partial charge in [0.25, 0.3) is 5.95 Å². The maximum absolute atomic E-state index is 12.6. The Morgan fingerprint density at radius 2 is 1.73 bits per heavy atom. The van der Waals surface area contributed by atoms with Gasteiger partial charge in [0.15, 0.2) is 5.69 Å². The molecule has 112 valence electrons. The van der Waals surface area contributed by atoms with Crippen LogP contribution < -0.4 is 0 Å². The highest BCUT2D eigenvalue weighted by Gasteiger charge is 2.33. The fourth-order valence-corrected chi connectivity index (χ4v) is 1.93. The highest BCUT2D eigenvalue weighted by Crippen LogP contribution is 2.27. The zero-order valence-corrected chi connectivity index (χ0v) is 11.5. The summed E-state index contributed by atoms with van der Waals surface area (Å²) in [6.45, 7) is 1.97. The van der Waals surface area contributed by atoms with Crippen LogP contribution in [-0.2, 0) is 6.18 Å². The van der Waals surface area contributed by atoms with Gasteiger partial charge in [-0.3, -0.25) is 0 Å². The Kier molecular flexibility index (Phi) is 3.40. The second kappa shape index (κ2) is 5.25. The lowest BCUT2D eigenvalue weighted by molar-refractivity contribution is -0.141. The van der Waals surface area contributed by atoms with Crippen LogP contribution in [0.15, 0.2) is 48.8 Å². The van der Waals surface area contributed by atoms with Gasteiger partial charge in [-0.1, -0.05) is 29.8 Å². The Balaban J connectivity index is 1.97. The number of halogens is 3. The van der Waals surface area contributed by atoms with Crippen LogP contribution in [0, 0.1) is 6.92 Å². The lowest BCUT2D eigenvalue weighted by Gasteiger charge is -2.05. The van der Waals surface area contributed by atoms with Crippen molar-refractivity contribution in [1.29, 1.82) is 0 Å². The molecule has 0 atom stereocenters. The Morgan fingerprint density at radius 3 is 2.36 bits per heavy atom. The van der Waals surface area contributed by atoms with E-state index in [4.69, 9.17) is 0 Å². The predicted octanol–water partition coefficient (Wildman–Crippen LogP) is 3.66. The van der Waals surface area contributed by atoms with Crippen molar-refractivity contribution < 1.29 is 13.2 Å². The highest BCUT2D eigenvalue weighted by molar-refractivity contribution is 5.59. The van der Waals surface area contributed by atoms with E-state index in [1.807, 2.05) is 31.2 Å². The van der Waals surface area contributed by atoms with Crippen LogP contribution >= 0.6 is 0 Å². The summed E-state index contributed by atoms with van der Waals surface area (Å²) in [7, 11) is 0. The summed E-state index contributed by atoms with van der Waals surface area (Å²) in [6, 6.07) is 10.3. The van der Waals surface area contributed by atoms with Crippen LogP contribution in [0.2, 0.25) is 0 Å². The van der Waals surface area contributed by atoms with Crippen molar-refractivity contribution in [3.63, 3.8) is 0 Å². The smallest absolute Gasteiger partial charge is 0.220 e. The minimum atomic E-state index is -4.49. The van der Waals surface area contributed by atoms with Gasteiger partial charge in [0.05, 0.1) is 5.69 Å².